The van der Waals surface area contributed by atoms with Crippen molar-refractivity contribution in [2.75, 3.05) is 33.5 Å². The Bertz CT molecular complexity index is 6820. The molecule has 4 aliphatic heterocycles. The predicted molar refractivity (Wildman–Crippen MR) is 493 cm³/mol. The van der Waals surface area contributed by atoms with Crippen LogP contribution in [0.1, 0.15) is 170 Å². The summed E-state index contributed by atoms with van der Waals surface area (Å²) in [6, 6.07) is 45.0. The minimum absolute atomic E-state index is 0.0852. The van der Waals surface area contributed by atoms with Crippen LogP contribution in [0.4, 0.5) is 0 Å². The zero-order chi connectivity index (χ0) is 94.9. The van der Waals surface area contributed by atoms with Crippen molar-refractivity contribution in [2.45, 2.75) is 135 Å². The lowest BCUT2D eigenvalue weighted by atomic mass is 10.0. The molecule has 131 heavy (non-hydrogen) atoms. The zero-order valence-electron chi connectivity index (χ0n) is 73.8. The van der Waals surface area contributed by atoms with E-state index in [1.54, 1.807) is 181 Å². The lowest BCUT2D eigenvalue weighted by molar-refractivity contribution is 0.0872. The van der Waals surface area contributed by atoms with Gasteiger partial charge < -0.3 is 82.1 Å². The highest BCUT2D eigenvalue weighted by molar-refractivity contribution is 7.90. The maximum atomic E-state index is 13.0. The number of carbonyl (C=O) groups is 4. The number of pyridine rings is 3. The Morgan fingerprint density at radius 2 is 0.710 bits per heavy atom. The number of sulfonamides is 4. The highest BCUT2D eigenvalue weighted by atomic mass is 32.2. The third kappa shape index (κ3) is 24.3. The molecule has 0 atom stereocenters. The molecule has 0 aliphatic carbocycles. The van der Waals surface area contributed by atoms with Crippen molar-refractivity contribution in [1.82, 2.24) is 54.9 Å². The number of nitrogens with zero attached hydrogens (tertiary/aromatic N) is 11. The third-order valence-corrected chi connectivity index (χ3v) is 25.0. The average Bonchev–Trinajstić information content (AvgIpc) is 1.78. The fourth-order valence-corrected chi connectivity index (χ4v) is 18.6. The number of benzene rings is 5. The molecule has 37 nitrogen and oxygen atoms in total. The first-order valence-corrected chi connectivity index (χ1v) is 47.2. The number of methoxy groups -OCH3 is 1. The first kappa shape index (κ1) is 96.1. The van der Waals surface area contributed by atoms with E-state index in [2.05, 4.69) is 58.8 Å². The van der Waals surface area contributed by atoms with Gasteiger partial charge in [-0.15, -0.1) is 17.6 Å². The maximum absolute atomic E-state index is 13.0. The molecule has 4 amide bonds. The monoisotopic (exact) mass is 1860 g/mol. The average molecular weight is 1870 g/mol. The summed E-state index contributed by atoms with van der Waals surface area (Å²) in [6.45, 7) is 21.1. The molecule has 688 valence electrons. The summed E-state index contributed by atoms with van der Waals surface area (Å²) in [5.41, 5.74) is 30.1. The molecule has 0 bridgehead atoms. The molecule has 11 aromatic rings. The number of imidazole rings is 1. The Balaban J connectivity index is 0.000000159. The summed E-state index contributed by atoms with van der Waals surface area (Å²) in [5, 5.41) is 21.5. The quantitative estimate of drug-likeness (QED) is 0.0249. The van der Waals surface area contributed by atoms with Crippen molar-refractivity contribution in [3.8, 4) is 40.5 Å². The van der Waals surface area contributed by atoms with Gasteiger partial charge in [0.1, 0.15) is 103 Å². The number of hydrogen-bond acceptors (Lipinski definition) is 26. The van der Waals surface area contributed by atoms with Gasteiger partial charge in [-0.1, -0.05) is 66.7 Å². The summed E-state index contributed by atoms with van der Waals surface area (Å²) in [4.78, 5) is 68.7. The van der Waals surface area contributed by atoms with Gasteiger partial charge in [-0.3, -0.25) is 23.7 Å². The molecule has 15 rings (SSSR count). The van der Waals surface area contributed by atoms with Gasteiger partial charge in [0.15, 0.2) is 0 Å². The maximum Gasteiger partial charge on any atom is 0.259 e. The summed E-state index contributed by atoms with van der Waals surface area (Å²) in [7, 11) is -13.0. The van der Waals surface area contributed by atoms with Gasteiger partial charge in [0.2, 0.25) is 0 Å². The number of amidine groups is 4. The van der Waals surface area contributed by atoms with E-state index in [1.807, 2.05) is 105 Å². The SMILES string of the molecule is CC(C)(COc1cccc2c1C(N)=NS(=O)(=O)C2)NC(=O)c1ccccc1.COCc1nccn1-c1cc(C(=O)NC(C)(C)COc2cccc3c2C(N)=NS(=O)(=O)C3)ccn1.Cc1ccc(C)n1-c1cc(C(=O)NC(C)(C)COc2cccc3c2C(N)=NS(=O)(=O)C3)ccn1.Cc1ccn(-c2cc(C(=O)NC(C)(C)COc3cccc4c3C(N)=NS(=O)(=O)C4)ccn2)c1CO. The van der Waals surface area contributed by atoms with Crippen molar-refractivity contribution in [2.24, 2.45) is 40.5 Å². The Hall–Kier alpha value is -14.0. The second kappa shape index (κ2) is 39.1. The van der Waals surface area contributed by atoms with Gasteiger partial charge in [0, 0.05) is 77.9 Å². The van der Waals surface area contributed by atoms with Gasteiger partial charge in [-0.2, -0.15) is 0 Å². The highest BCUT2D eigenvalue weighted by Gasteiger charge is 2.34. The molecule has 5 aromatic carbocycles. The van der Waals surface area contributed by atoms with Crippen molar-refractivity contribution >= 4 is 87.1 Å². The summed E-state index contributed by atoms with van der Waals surface area (Å²) < 4.78 is 144. The summed E-state index contributed by atoms with van der Waals surface area (Å²) in [5.74, 6) is 1.60. The van der Waals surface area contributed by atoms with Crippen LogP contribution in [0.3, 0.4) is 0 Å². The molecular formula is C90H101N19O18S4. The van der Waals surface area contributed by atoms with Crippen molar-refractivity contribution in [3.63, 3.8) is 0 Å². The summed E-state index contributed by atoms with van der Waals surface area (Å²) in [6.07, 6.45) is 9.88. The molecule has 0 spiro atoms. The van der Waals surface area contributed by atoms with Crippen molar-refractivity contribution in [1.29, 1.82) is 0 Å². The zero-order valence-corrected chi connectivity index (χ0v) is 77.1. The number of fused-ring (bicyclic) bond motifs is 4. The van der Waals surface area contributed by atoms with Crippen LogP contribution in [-0.4, -0.2) is 175 Å². The van der Waals surface area contributed by atoms with E-state index in [1.165, 1.54) is 6.20 Å². The number of aromatic nitrogens is 7. The largest absolute Gasteiger partial charge is 0.490 e. The Labute approximate surface area is 758 Å². The number of aliphatic hydroxyl groups is 1. The first-order chi connectivity index (χ1) is 61.7. The molecule has 41 heteroatoms. The molecule has 0 saturated carbocycles. The van der Waals surface area contributed by atoms with Crippen LogP contribution in [0.5, 0.6) is 23.0 Å². The predicted octanol–water partition coefficient (Wildman–Crippen LogP) is 7.81. The lowest BCUT2D eigenvalue weighted by Gasteiger charge is -2.27. The molecule has 10 heterocycles. The molecule has 0 unspecified atom stereocenters. The van der Waals surface area contributed by atoms with Crippen LogP contribution in [0.25, 0.3) is 17.5 Å². The molecule has 13 N–H and O–H groups in total. The van der Waals surface area contributed by atoms with E-state index >= 15 is 0 Å². The molecule has 4 aliphatic rings. The van der Waals surface area contributed by atoms with Gasteiger partial charge in [-0.25, -0.2) is 53.6 Å². The molecular weight excluding hydrogens is 1760 g/mol. The fourth-order valence-electron chi connectivity index (χ4n) is 14.3. The number of carbonyl (C=O) groups excluding carboxylic acids is 4. The lowest BCUT2D eigenvalue weighted by Crippen LogP contribution is -2.48. The van der Waals surface area contributed by atoms with E-state index in [0.29, 0.717) is 125 Å². The van der Waals surface area contributed by atoms with Crippen LogP contribution < -0.4 is 63.1 Å². The van der Waals surface area contributed by atoms with Gasteiger partial charge in [0.25, 0.3) is 63.7 Å². The van der Waals surface area contributed by atoms with E-state index in [9.17, 15) is 58.0 Å². The van der Waals surface area contributed by atoms with Crippen LogP contribution in [0, 0.1) is 20.8 Å². The van der Waals surface area contributed by atoms with Crippen LogP contribution in [0.2, 0.25) is 0 Å². The van der Waals surface area contributed by atoms with E-state index < -0.39 is 62.2 Å². The molecule has 0 saturated heterocycles. The standard InChI is InChI=1S/C24H27N5O5S.C24H27N5O4S.C23H26N6O5S.C19H21N3O4S/c1-15-8-10-29(18(15)12-30)20-11-16(7-9-26-20)23(31)27-24(2,3)14-34-19-6-4-5-17-13-35(32,33)28-22(25)21(17)19;1-15-8-9-16(2)29(15)20-12-17(10-11-26-20)23(30)27-24(3,4)14-33-19-7-5-6-18-13-34(31,32)28-22(25)21(18)19;1-23(2,14-34-17-6-4-5-16-13-35(31,32)28-21(24)20(16)17)27-22(30)15-7-8-25-18(11-15)29-10-9-26-19(29)12-33-3;1-19(2,21-18(23)13-7-4-3-5-8-13)12-26-15-10-6-9-14-11-27(24,25)22-17(20)16(14)15/h4-11,30H,12-14H2,1-3H3,(H2,25,28)(H,27,31);5-12H,13-14H2,1-4H3,(H2,25,28)(H,27,30);4-11H,12-14H2,1-3H3,(H2,24,28)(H,27,30);3-10H,11-12H2,1-2H3,(H2,20,22)(H,21,23). The Morgan fingerprint density at radius 3 is 1.05 bits per heavy atom. The number of aliphatic hydroxyl groups excluding tert-OH is 1. The number of aryl methyl sites for hydroxylation is 3. The number of hydrogen-bond donors (Lipinski definition) is 9. The van der Waals surface area contributed by atoms with Gasteiger partial charge >= 0.3 is 0 Å². The smallest absolute Gasteiger partial charge is 0.259 e. The third-order valence-electron chi connectivity index (χ3n) is 20.4. The van der Waals surface area contributed by atoms with Crippen molar-refractivity contribution < 1.29 is 81.6 Å². The van der Waals surface area contributed by atoms with Gasteiger partial charge in [0.05, 0.1) is 79.7 Å². The van der Waals surface area contributed by atoms with Gasteiger partial charge in [-0.05, 0) is 195 Å². The molecule has 0 fully saturated rings. The number of nitrogens with one attached hydrogen (secondary N) is 4. The highest BCUT2D eigenvalue weighted by Crippen LogP contribution is 2.34. The van der Waals surface area contributed by atoms with E-state index in [4.69, 9.17) is 46.6 Å². The number of rotatable bonds is 26. The molecule has 6 aromatic heterocycles. The fraction of sp³-hybridized carbons (Fsp3) is 0.289. The van der Waals surface area contributed by atoms with E-state index in [-0.39, 0.29) is 103 Å². The first-order valence-electron chi connectivity index (χ1n) is 40.7. The Kier molecular flexibility index (Phi) is 28.7. The second-order valence-corrected chi connectivity index (χ2v) is 40.2. The van der Waals surface area contributed by atoms with E-state index in [0.717, 1.165) is 17.0 Å². The molecule has 0 radical (unpaired) electrons. The minimum atomic E-state index is -3.65. The Morgan fingerprint density at radius 1 is 0.389 bits per heavy atom. The van der Waals surface area contributed by atoms with Crippen molar-refractivity contribution in [3.05, 3.63) is 290 Å². The van der Waals surface area contributed by atoms with Crippen LogP contribution in [0.15, 0.2) is 212 Å². The number of ether oxygens (including phenoxy) is 5. The van der Waals surface area contributed by atoms with Crippen LogP contribution in [-0.2, 0) is 81.1 Å². The second-order valence-electron chi connectivity index (χ2n) is 33.6. The summed E-state index contributed by atoms with van der Waals surface area (Å²) >= 11 is 0. The number of nitrogens with two attached hydrogens (primary N) is 4. The normalized spacial score (nSPS) is 14.8. The number of amides is 4. The topological polar surface area (TPSA) is 539 Å². The minimum Gasteiger partial charge on any atom is -0.490 e. The van der Waals surface area contributed by atoms with Crippen LogP contribution >= 0.6 is 0 Å².